The highest BCUT2D eigenvalue weighted by atomic mass is 19.4. The highest BCUT2D eigenvalue weighted by Gasteiger charge is 2.57. The van der Waals surface area contributed by atoms with Crippen molar-refractivity contribution in [2.45, 2.75) is 82.3 Å². The van der Waals surface area contributed by atoms with Gasteiger partial charge in [0.05, 0.1) is 17.0 Å². The Morgan fingerprint density at radius 2 is 1.77 bits per heavy atom. The summed E-state index contributed by atoms with van der Waals surface area (Å²) in [6.07, 6.45) is -0.470. The maximum absolute atomic E-state index is 14.0. The molecule has 1 saturated heterocycles. The lowest BCUT2D eigenvalue weighted by molar-refractivity contribution is -0.145. The molecule has 0 bridgehead atoms. The van der Waals surface area contributed by atoms with E-state index in [2.05, 4.69) is 15.0 Å². The van der Waals surface area contributed by atoms with Gasteiger partial charge in [0.2, 0.25) is 5.91 Å². The van der Waals surface area contributed by atoms with Gasteiger partial charge in [0.15, 0.2) is 5.69 Å². The number of carbonyl (C=O) groups is 1. The average Bonchev–Trinajstić information content (AvgIpc) is 3.62. The van der Waals surface area contributed by atoms with Crippen molar-refractivity contribution in [3.8, 4) is 0 Å². The van der Waals surface area contributed by atoms with Gasteiger partial charge in [0.1, 0.15) is 0 Å². The van der Waals surface area contributed by atoms with Crippen molar-refractivity contribution >= 4 is 5.91 Å². The second kappa shape index (κ2) is 9.49. The molecular formula is C27H31F6N5O. The fourth-order valence-corrected chi connectivity index (χ4v) is 7.51. The highest BCUT2D eigenvalue weighted by molar-refractivity contribution is 5.84. The number of rotatable bonds is 3. The Hall–Kier alpha value is -2.63. The topological polar surface area (TPSA) is 54.3 Å². The molecule has 6 rings (SSSR count). The lowest BCUT2D eigenvalue weighted by atomic mass is 9.78. The van der Waals surface area contributed by atoms with Gasteiger partial charge in [-0.3, -0.25) is 14.5 Å². The molecule has 2 saturated carbocycles. The zero-order valence-electron chi connectivity index (χ0n) is 21.4. The van der Waals surface area contributed by atoms with Crippen LogP contribution in [-0.4, -0.2) is 56.1 Å². The first kappa shape index (κ1) is 26.6. The molecule has 39 heavy (non-hydrogen) atoms. The molecular weight excluding hydrogens is 524 g/mol. The summed E-state index contributed by atoms with van der Waals surface area (Å²) in [6.45, 7) is 2.07. The van der Waals surface area contributed by atoms with E-state index >= 15 is 0 Å². The molecule has 6 nitrogen and oxygen atoms in total. The molecule has 2 aliphatic heterocycles. The maximum Gasteiger partial charge on any atom is 0.435 e. The van der Waals surface area contributed by atoms with Crippen LogP contribution in [0.1, 0.15) is 73.5 Å². The Labute approximate surface area is 222 Å². The Morgan fingerprint density at radius 1 is 1.00 bits per heavy atom. The lowest BCUT2D eigenvalue weighted by Crippen LogP contribution is -2.47. The van der Waals surface area contributed by atoms with Crippen LogP contribution in [0.25, 0.3) is 0 Å². The molecule has 3 atom stereocenters. The van der Waals surface area contributed by atoms with Gasteiger partial charge in [-0.15, -0.1) is 0 Å². The summed E-state index contributed by atoms with van der Waals surface area (Å²) < 4.78 is 80.0. The SMILES string of the molecule is O=C(N1CCc2ncc(C(F)(F)F)cc2C1)[C@@]12CCC[C@@H]1C[C@H](N1CCC(n3ccc(C(F)(F)F)n3)CC1)C2. The van der Waals surface area contributed by atoms with Crippen LogP contribution in [0, 0.1) is 11.3 Å². The minimum atomic E-state index is -4.48. The standard InChI is InChI=1S/C27H31F6N5O/c28-26(29,30)19-12-17-16-37(10-5-22(17)34-15-19)24(39)25-7-1-2-18(25)13-21(14-25)36-8-3-20(4-9-36)38-11-6-23(35-38)27(31,32)33/h6,11-12,15,18,20-21H,1-5,7-10,13-14,16H2/t18-,21+,25-/m1/s1. The summed E-state index contributed by atoms with van der Waals surface area (Å²) in [5.74, 6) is 0.302. The van der Waals surface area contributed by atoms with Crippen LogP contribution in [0.5, 0.6) is 0 Å². The Bertz CT molecular complexity index is 1230. The number of carbonyl (C=O) groups excluding carboxylic acids is 1. The summed E-state index contributed by atoms with van der Waals surface area (Å²) in [7, 11) is 0. The number of hydrogen-bond donors (Lipinski definition) is 0. The van der Waals surface area contributed by atoms with E-state index in [-0.39, 0.29) is 30.5 Å². The molecule has 1 amide bonds. The van der Waals surface area contributed by atoms with E-state index in [1.54, 1.807) is 4.90 Å². The third-order valence-electron chi connectivity index (χ3n) is 9.48. The van der Waals surface area contributed by atoms with Crippen molar-refractivity contribution in [1.29, 1.82) is 0 Å². The molecule has 0 unspecified atom stereocenters. The van der Waals surface area contributed by atoms with Gasteiger partial charge in [-0.05, 0) is 62.1 Å². The number of piperidine rings is 1. The minimum Gasteiger partial charge on any atom is -0.337 e. The van der Waals surface area contributed by atoms with E-state index in [9.17, 15) is 31.1 Å². The van der Waals surface area contributed by atoms with E-state index in [0.29, 0.717) is 37.1 Å². The fourth-order valence-electron chi connectivity index (χ4n) is 7.51. The van der Waals surface area contributed by atoms with Gasteiger partial charge in [0, 0.05) is 56.7 Å². The third kappa shape index (κ3) is 4.82. The van der Waals surface area contributed by atoms with Crippen molar-refractivity contribution in [3.05, 3.63) is 47.0 Å². The monoisotopic (exact) mass is 555 g/mol. The van der Waals surface area contributed by atoms with Crippen LogP contribution in [0.15, 0.2) is 24.5 Å². The van der Waals surface area contributed by atoms with Crippen molar-refractivity contribution < 1.29 is 31.1 Å². The zero-order chi connectivity index (χ0) is 27.6. The van der Waals surface area contributed by atoms with Crippen LogP contribution in [-0.2, 0) is 30.1 Å². The van der Waals surface area contributed by atoms with E-state index in [4.69, 9.17) is 0 Å². The number of halogens is 6. The van der Waals surface area contributed by atoms with Gasteiger partial charge in [-0.1, -0.05) is 6.42 Å². The van der Waals surface area contributed by atoms with Gasteiger partial charge < -0.3 is 9.80 Å². The smallest absolute Gasteiger partial charge is 0.337 e. The van der Waals surface area contributed by atoms with Gasteiger partial charge >= 0.3 is 12.4 Å². The third-order valence-corrected chi connectivity index (χ3v) is 9.48. The molecule has 4 heterocycles. The molecule has 212 valence electrons. The maximum atomic E-state index is 14.0. The first-order valence-corrected chi connectivity index (χ1v) is 13.6. The number of alkyl halides is 6. The summed E-state index contributed by atoms with van der Waals surface area (Å²) in [4.78, 5) is 22.2. The molecule has 12 heteroatoms. The van der Waals surface area contributed by atoms with E-state index in [1.165, 1.54) is 10.9 Å². The van der Waals surface area contributed by atoms with Crippen molar-refractivity contribution in [2.75, 3.05) is 19.6 Å². The molecule has 2 aromatic rings. The van der Waals surface area contributed by atoms with Crippen molar-refractivity contribution in [2.24, 2.45) is 11.3 Å². The number of hydrogen-bond acceptors (Lipinski definition) is 4. The Balaban J connectivity index is 1.12. The highest BCUT2D eigenvalue weighted by Crippen LogP contribution is 2.57. The number of nitrogens with zero attached hydrogens (tertiary/aromatic N) is 5. The number of likely N-dealkylation sites (tertiary alicyclic amines) is 1. The number of fused-ring (bicyclic) bond motifs is 2. The van der Waals surface area contributed by atoms with Gasteiger partial charge in [-0.25, -0.2) is 0 Å². The molecule has 0 N–H and O–H groups in total. The van der Waals surface area contributed by atoms with Gasteiger partial charge in [-0.2, -0.15) is 31.4 Å². The summed E-state index contributed by atoms with van der Waals surface area (Å²) in [5.41, 5.74) is -1.06. The normalized spacial score (nSPS) is 28.5. The predicted molar refractivity (Wildman–Crippen MR) is 128 cm³/mol. The largest absolute Gasteiger partial charge is 0.435 e. The van der Waals surface area contributed by atoms with Crippen molar-refractivity contribution in [1.82, 2.24) is 24.6 Å². The predicted octanol–water partition coefficient (Wildman–Crippen LogP) is 5.49. The first-order valence-electron chi connectivity index (χ1n) is 13.6. The zero-order valence-corrected chi connectivity index (χ0v) is 21.4. The van der Waals surface area contributed by atoms with Gasteiger partial charge in [0.25, 0.3) is 0 Å². The fraction of sp³-hybridized carbons (Fsp3) is 0.667. The first-order chi connectivity index (χ1) is 18.4. The van der Waals surface area contributed by atoms with Crippen molar-refractivity contribution in [3.63, 3.8) is 0 Å². The molecule has 0 aromatic carbocycles. The van der Waals surface area contributed by atoms with Crippen LogP contribution in [0.3, 0.4) is 0 Å². The van der Waals surface area contributed by atoms with E-state index < -0.39 is 29.0 Å². The average molecular weight is 556 g/mol. The molecule has 0 spiro atoms. The second-order valence-electron chi connectivity index (χ2n) is 11.6. The van der Waals surface area contributed by atoms with Crippen LogP contribution in [0.4, 0.5) is 26.3 Å². The quantitative estimate of drug-likeness (QED) is 0.471. The molecule has 3 fully saturated rings. The van der Waals surface area contributed by atoms with Crippen LogP contribution < -0.4 is 0 Å². The van der Waals surface area contributed by atoms with E-state index in [0.717, 1.165) is 63.5 Å². The molecule has 2 aliphatic carbocycles. The lowest BCUT2D eigenvalue weighted by Gasteiger charge is -2.39. The number of amides is 1. The van der Waals surface area contributed by atoms with E-state index in [1.807, 2.05) is 0 Å². The number of aromatic nitrogens is 3. The molecule has 4 aliphatic rings. The number of pyridine rings is 1. The Morgan fingerprint density at radius 3 is 2.46 bits per heavy atom. The van der Waals surface area contributed by atoms with Crippen LogP contribution >= 0.6 is 0 Å². The van der Waals surface area contributed by atoms with Crippen LogP contribution in [0.2, 0.25) is 0 Å². The summed E-state index contributed by atoms with van der Waals surface area (Å²) in [5, 5.41) is 3.75. The Kier molecular flexibility index (Phi) is 6.47. The second-order valence-corrected chi connectivity index (χ2v) is 11.6. The summed E-state index contributed by atoms with van der Waals surface area (Å²) >= 11 is 0. The molecule has 2 aromatic heterocycles. The minimum absolute atomic E-state index is 0.0571. The molecule has 0 radical (unpaired) electrons. The summed E-state index contributed by atoms with van der Waals surface area (Å²) in [6, 6.07) is 2.28.